The van der Waals surface area contributed by atoms with Gasteiger partial charge in [0.15, 0.2) is 0 Å². The number of fused-ring (bicyclic) bond motifs is 5. The van der Waals surface area contributed by atoms with Crippen molar-refractivity contribution in [1.82, 2.24) is 0 Å². The molecule has 3 saturated carbocycles. The zero-order chi connectivity index (χ0) is 15.5. The summed E-state index contributed by atoms with van der Waals surface area (Å²) in [6.07, 6.45) is 7.47. The summed E-state index contributed by atoms with van der Waals surface area (Å²) in [5.74, 6) is 1.91. The first-order valence-electron chi connectivity index (χ1n) is 9.12. The Labute approximate surface area is 133 Å². The molecule has 7 atom stereocenters. The molecule has 0 N–H and O–H groups in total. The molecule has 2 aliphatic heterocycles. The van der Waals surface area contributed by atoms with Gasteiger partial charge in [-0.15, -0.1) is 0 Å². The minimum absolute atomic E-state index is 0.0143. The molecule has 3 heteroatoms. The van der Waals surface area contributed by atoms with Crippen molar-refractivity contribution in [3.8, 4) is 0 Å². The molecule has 2 saturated heterocycles. The maximum Gasteiger partial charge on any atom is 0.306 e. The number of carbonyl (C=O) groups excluding carboxylic acids is 1. The lowest BCUT2D eigenvalue weighted by Crippen LogP contribution is -2.61. The summed E-state index contributed by atoms with van der Waals surface area (Å²) in [6, 6.07) is 0. The highest BCUT2D eigenvalue weighted by Gasteiger charge is 2.79. The molecule has 3 nitrogen and oxygen atoms in total. The second-order valence-electron chi connectivity index (χ2n) is 9.80. The van der Waals surface area contributed by atoms with Crippen LogP contribution in [0.5, 0.6) is 0 Å². The van der Waals surface area contributed by atoms with E-state index in [-0.39, 0.29) is 22.6 Å². The fourth-order valence-corrected chi connectivity index (χ4v) is 7.83. The van der Waals surface area contributed by atoms with Crippen molar-refractivity contribution in [3.63, 3.8) is 0 Å². The largest absolute Gasteiger partial charge is 0.459 e. The van der Waals surface area contributed by atoms with Crippen LogP contribution in [0.2, 0.25) is 0 Å². The van der Waals surface area contributed by atoms with E-state index >= 15 is 0 Å². The molecule has 1 unspecified atom stereocenters. The molecular formula is C19H28O3. The highest BCUT2D eigenvalue weighted by Crippen LogP contribution is 2.77. The second kappa shape index (κ2) is 3.58. The summed E-state index contributed by atoms with van der Waals surface area (Å²) in [5.41, 5.74) is 0.313. The predicted octanol–water partition coefficient (Wildman–Crippen LogP) is 3.70. The van der Waals surface area contributed by atoms with Crippen LogP contribution in [0, 0.1) is 28.6 Å². The van der Waals surface area contributed by atoms with Crippen LogP contribution in [-0.2, 0) is 14.3 Å². The standard InChI is InChI=1S/C19H28O3/c1-16(2)12-7-8-19-9-11(18(4)15(19)22-18)5-6-13(19)17(12,3)10-14(20)21-16/h11-13,15H,5-10H2,1-4H3/t11-,12-,13-,15?,17-,18-,19+/m1/s1. The van der Waals surface area contributed by atoms with Crippen LogP contribution in [-0.4, -0.2) is 23.3 Å². The number of hydrogen-bond donors (Lipinski definition) is 0. The second-order valence-corrected chi connectivity index (χ2v) is 9.80. The van der Waals surface area contributed by atoms with Gasteiger partial charge in [0.1, 0.15) is 5.60 Å². The number of cyclic esters (lactones) is 1. The third-order valence-corrected chi connectivity index (χ3v) is 8.52. The Morgan fingerprint density at radius 3 is 2.59 bits per heavy atom. The first-order chi connectivity index (χ1) is 10.2. The molecule has 2 bridgehead atoms. The van der Waals surface area contributed by atoms with Gasteiger partial charge in [-0.05, 0) is 70.1 Å². The molecule has 0 aromatic heterocycles. The van der Waals surface area contributed by atoms with E-state index in [1.54, 1.807) is 0 Å². The summed E-state index contributed by atoms with van der Waals surface area (Å²) in [7, 11) is 0. The van der Waals surface area contributed by atoms with Gasteiger partial charge in [0, 0.05) is 11.3 Å². The van der Waals surface area contributed by atoms with Crippen LogP contribution in [0.4, 0.5) is 0 Å². The van der Waals surface area contributed by atoms with E-state index in [0.717, 1.165) is 5.92 Å². The number of carbonyl (C=O) groups is 1. The van der Waals surface area contributed by atoms with Gasteiger partial charge >= 0.3 is 5.97 Å². The van der Waals surface area contributed by atoms with Crippen molar-refractivity contribution in [2.45, 2.75) is 83.5 Å². The molecule has 2 heterocycles. The Morgan fingerprint density at radius 2 is 1.82 bits per heavy atom. The van der Waals surface area contributed by atoms with Gasteiger partial charge < -0.3 is 9.47 Å². The summed E-state index contributed by atoms with van der Waals surface area (Å²) < 4.78 is 12.0. The van der Waals surface area contributed by atoms with Crippen molar-refractivity contribution < 1.29 is 14.3 Å². The molecule has 0 amide bonds. The topological polar surface area (TPSA) is 38.8 Å². The van der Waals surface area contributed by atoms with Gasteiger partial charge in [0.2, 0.25) is 0 Å². The number of esters is 1. The average molecular weight is 304 g/mol. The third kappa shape index (κ3) is 1.33. The average Bonchev–Trinajstić information content (AvgIpc) is 3.06. The van der Waals surface area contributed by atoms with E-state index in [4.69, 9.17) is 9.47 Å². The van der Waals surface area contributed by atoms with Gasteiger partial charge in [-0.25, -0.2) is 0 Å². The van der Waals surface area contributed by atoms with Crippen molar-refractivity contribution in [2.75, 3.05) is 0 Å². The van der Waals surface area contributed by atoms with Crippen LogP contribution in [0.25, 0.3) is 0 Å². The molecular weight excluding hydrogens is 276 g/mol. The fraction of sp³-hybridized carbons (Fsp3) is 0.947. The van der Waals surface area contributed by atoms with Crippen LogP contribution in [0.3, 0.4) is 0 Å². The van der Waals surface area contributed by atoms with E-state index in [1.165, 1.54) is 32.1 Å². The smallest absolute Gasteiger partial charge is 0.306 e. The van der Waals surface area contributed by atoms with E-state index < -0.39 is 0 Å². The first-order valence-corrected chi connectivity index (χ1v) is 9.12. The number of epoxide rings is 1. The number of rotatable bonds is 0. The lowest BCUT2D eigenvalue weighted by atomic mass is 9.44. The van der Waals surface area contributed by atoms with E-state index in [0.29, 0.717) is 29.8 Å². The van der Waals surface area contributed by atoms with Crippen molar-refractivity contribution in [3.05, 3.63) is 0 Å². The molecule has 0 aromatic carbocycles. The molecule has 1 spiro atoms. The Bertz CT molecular complexity index is 569. The molecule has 5 rings (SSSR count). The molecule has 5 aliphatic rings. The monoisotopic (exact) mass is 304 g/mol. The molecule has 3 aliphatic carbocycles. The SMILES string of the molecule is CC1(C)OC(=O)C[C@]2(C)[C@@H]1CC[C@]13C[C@@H](CC[C@@H]12)[C@@]1(C)OC31. The van der Waals surface area contributed by atoms with Gasteiger partial charge in [-0.1, -0.05) is 6.92 Å². The first kappa shape index (κ1) is 13.8. The minimum Gasteiger partial charge on any atom is -0.459 e. The third-order valence-electron chi connectivity index (χ3n) is 8.52. The minimum atomic E-state index is -0.311. The zero-order valence-corrected chi connectivity index (χ0v) is 14.3. The highest BCUT2D eigenvalue weighted by atomic mass is 16.6. The van der Waals surface area contributed by atoms with E-state index in [2.05, 4.69) is 27.7 Å². The predicted molar refractivity (Wildman–Crippen MR) is 82.2 cm³/mol. The lowest BCUT2D eigenvalue weighted by molar-refractivity contribution is -0.221. The van der Waals surface area contributed by atoms with E-state index in [1.807, 2.05) is 0 Å². The molecule has 5 fully saturated rings. The quantitative estimate of drug-likeness (QED) is 0.506. The van der Waals surface area contributed by atoms with Crippen LogP contribution in [0.15, 0.2) is 0 Å². The normalized spacial score (nSPS) is 60.8. The Kier molecular flexibility index (Phi) is 2.25. The molecule has 22 heavy (non-hydrogen) atoms. The van der Waals surface area contributed by atoms with Crippen LogP contribution < -0.4 is 0 Å². The molecule has 0 aromatic rings. The van der Waals surface area contributed by atoms with Gasteiger partial charge in [-0.3, -0.25) is 4.79 Å². The Hall–Kier alpha value is -0.570. The van der Waals surface area contributed by atoms with Crippen molar-refractivity contribution in [1.29, 1.82) is 0 Å². The molecule has 0 radical (unpaired) electrons. The Morgan fingerprint density at radius 1 is 1.05 bits per heavy atom. The zero-order valence-electron chi connectivity index (χ0n) is 14.3. The summed E-state index contributed by atoms with van der Waals surface area (Å²) in [4.78, 5) is 12.3. The summed E-state index contributed by atoms with van der Waals surface area (Å²) in [6.45, 7) is 8.99. The number of ether oxygens (including phenoxy) is 2. The van der Waals surface area contributed by atoms with Gasteiger partial charge in [0.25, 0.3) is 0 Å². The van der Waals surface area contributed by atoms with Gasteiger partial charge in [-0.2, -0.15) is 0 Å². The van der Waals surface area contributed by atoms with Crippen molar-refractivity contribution in [2.24, 2.45) is 28.6 Å². The maximum absolute atomic E-state index is 12.3. The van der Waals surface area contributed by atoms with E-state index in [9.17, 15) is 4.79 Å². The highest BCUT2D eigenvalue weighted by molar-refractivity contribution is 5.72. The summed E-state index contributed by atoms with van der Waals surface area (Å²) in [5, 5.41) is 0. The lowest BCUT2D eigenvalue weighted by Gasteiger charge is -2.62. The van der Waals surface area contributed by atoms with Crippen LogP contribution in [0.1, 0.15) is 66.2 Å². The molecule has 122 valence electrons. The van der Waals surface area contributed by atoms with Crippen molar-refractivity contribution >= 4 is 5.97 Å². The number of hydrogen-bond acceptors (Lipinski definition) is 3. The fourth-order valence-electron chi connectivity index (χ4n) is 7.83. The summed E-state index contributed by atoms with van der Waals surface area (Å²) >= 11 is 0. The van der Waals surface area contributed by atoms with Crippen LogP contribution >= 0.6 is 0 Å². The van der Waals surface area contributed by atoms with Gasteiger partial charge in [0.05, 0.1) is 18.1 Å². The Balaban J connectivity index is 1.60. The maximum atomic E-state index is 12.3.